The molecule has 0 bridgehead atoms. The summed E-state index contributed by atoms with van der Waals surface area (Å²) in [5.74, 6) is 0.290. The number of methoxy groups -OCH3 is 1. The first-order chi connectivity index (χ1) is 10.6. The molecule has 1 aromatic heterocycles. The molecule has 0 fully saturated rings. The maximum absolute atomic E-state index is 11.9. The molecular weight excluding hydrogens is 302 g/mol. The summed E-state index contributed by atoms with van der Waals surface area (Å²) in [7, 11) is 1.66. The molecule has 1 atom stereocenters. The lowest BCUT2D eigenvalue weighted by Gasteiger charge is -2.12. The van der Waals surface area contributed by atoms with Gasteiger partial charge >= 0.3 is 0 Å². The molecule has 22 heavy (non-hydrogen) atoms. The van der Waals surface area contributed by atoms with Crippen molar-refractivity contribution in [1.29, 1.82) is 0 Å². The predicted octanol–water partition coefficient (Wildman–Crippen LogP) is 3.49. The van der Waals surface area contributed by atoms with Crippen LogP contribution in [-0.4, -0.2) is 24.5 Å². The first-order valence-electron chi connectivity index (χ1n) is 6.86. The number of amides is 1. The summed E-state index contributed by atoms with van der Waals surface area (Å²) in [5.41, 5.74) is 1.91. The SMILES string of the molecule is CO[C@@H](C)c1cccc(NCC(=O)Nc2ccc(Cl)cn2)c1. The van der Waals surface area contributed by atoms with E-state index in [0.29, 0.717) is 10.8 Å². The van der Waals surface area contributed by atoms with Crippen molar-refractivity contribution in [3.63, 3.8) is 0 Å². The number of carbonyl (C=O) groups excluding carboxylic acids is 1. The molecule has 116 valence electrons. The van der Waals surface area contributed by atoms with Gasteiger partial charge in [-0.1, -0.05) is 23.7 Å². The number of aromatic nitrogens is 1. The van der Waals surface area contributed by atoms with Crippen molar-refractivity contribution in [3.8, 4) is 0 Å². The highest BCUT2D eigenvalue weighted by molar-refractivity contribution is 6.30. The van der Waals surface area contributed by atoms with Crippen LogP contribution >= 0.6 is 11.6 Å². The quantitative estimate of drug-likeness (QED) is 0.855. The molecule has 5 nitrogen and oxygen atoms in total. The van der Waals surface area contributed by atoms with E-state index < -0.39 is 0 Å². The van der Waals surface area contributed by atoms with E-state index in [2.05, 4.69) is 15.6 Å². The number of carbonyl (C=O) groups is 1. The second-order valence-electron chi connectivity index (χ2n) is 4.77. The zero-order valence-corrected chi connectivity index (χ0v) is 13.2. The van der Waals surface area contributed by atoms with Crippen LogP contribution in [0, 0.1) is 0 Å². The summed E-state index contributed by atoms with van der Waals surface area (Å²) in [6.07, 6.45) is 1.49. The monoisotopic (exact) mass is 319 g/mol. The minimum atomic E-state index is -0.181. The normalized spacial score (nSPS) is 11.8. The van der Waals surface area contributed by atoms with Crippen LogP contribution in [0.2, 0.25) is 5.02 Å². The Hall–Kier alpha value is -2.11. The Balaban J connectivity index is 1.89. The van der Waals surface area contributed by atoms with Gasteiger partial charge in [0.25, 0.3) is 0 Å². The van der Waals surface area contributed by atoms with Gasteiger partial charge in [-0.15, -0.1) is 0 Å². The average molecular weight is 320 g/mol. The minimum Gasteiger partial charge on any atom is -0.377 e. The molecule has 1 heterocycles. The van der Waals surface area contributed by atoms with Crippen LogP contribution in [0.15, 0.2) is 42.6 Å². The Morgan fingerprint density at radius 3 is 2.86 bits per heavy atom. The van der Waals surface area contributed by atoms with Crippen LogP contribution in [0.5, 0.6) is 0 Å². The molecule has 2 aromatic rings. The van der Waals surface area contributed by atoms with Gasteiger partial charge < -0.3 is 15.4 Å². The molecular formula is C16H18ClN3O2. The molecule has 0 spiro atoms. The lowest BCUT2D eigenvalue weighted by atomic mass is 10.1. The smallest absolute Gasteiger partial charge is 0.244 e. The van der Waals surface area contributed by atoms with Crippen LogP contribution in [0.4, 0.5) is 11.5 Å². The van der Waals surface area contributed by atoms with Crippen LogP contribution in [0.3, 0.4) is 0 Å². The van der Waals surface area contributed by atoms with Crippen molar-refractivity contribution in [2.24, 2.45) is 0 Å². The maximum atomic E-state index is 11.9. The van der Waals surface area contributed by atoms with Crippen molar-refractivity contribution in [2.45, 2.75) is 13.0 Å². The third-order valence-electron chi connectivity index (χ3n) is 3.16. The number of halogens is 1. The fraction of sp³-hybridized carbons (Fsp3) is 0.250. The van der Waals surface area contributed by atoms with Gasteiger partial charge in [-0.05, 0) is 36.8 Å². The number of ether oxygens (including phenoxy) is 1. The van der Waals surface area contributed by atoms with Crippen molar-refractivity contribution in [2.75, 3.05) is 24.3 Å². The number of benzene rings is 1. The van der Waals surface area contributed by atoms with Gasteiger partial charge in [0.15, 0.2) is 0 Å². The van der Waals surface area contributed by atoms with Gasteiger partial charge in [0.05, 0.1) is 17.7 Å². The van der Waals surface area contributed by atoms with Crippen LogP contribution in [-0.2, 0) is 9.53 Å². The molecule has 0 unspecified atom stereocenters. The average Bonchev–Trinajstić information content (AvgIpc) is 2.54. The van der Waals surface area contributed by atoms with E-state index in [0.717, 1.165) is 11.3 Å². The fourth-order valence-corrected chi connectivity index (χ4v) is 1.97. The van der Waals surface area contributed by atoms with E-state index in [4.69, 9.17) is 16.3 Å². The minimum absolute atomic E-state index is 0.00819. The molecule has 0 saturated carbocycles. The summed E-state index contributed by atoms with van der Waals surface area (Å²) in [6, 6.07) is 11.1. The van der Waals surface area contributed by atoms with Gasteiger partial charge in [-0.25, -0.2) is 4.98 Å². The Bertz CT molecular complexity index is 632. The Labute approximate surface area is 134 Å². The fourth-order valence-electron chi connectivity index (χ4n) is 1.86. The molecule has 0 aliphatic rings. The summed E-state index contributed by atoms with van der Waals surface area (Å²) >= 11 is 5.74. The standard InChI is InChI=1S/C16H18ClN3O2/c1-11(22-2)12-4-3-5-14(8-12)18-10-16(21)20-15-7-6-13(17)9-19-15/h3-9,11,18H,10H2,1-2H3,(H,19,20,21)/t11-/m0/s1. The summed E-state index contributed by atoms with van der Waals surface area (Å²) in [6.45, 7) is 2.12. The third-order valence-corrected chi connectivity index (χ3v) is 3.38. The summed E-state index contributed by atoms with van der Waals surface area (Å²) in [4.78, 5) is 15.9. The Morgan fingerprint density at radius 1 is 1.36 bits per heavy atom. The summed E-state index contributed by atoms with van der Waals surface area (Å²) in [5, 5.41) is 6.29. The van der Waals surface area contributed by atoms with Crippen molar-refractivity contribution < 1.29 is 9.53 Å². The van der Waals surface area contributed by atoms with Crippen LogP contribution < -0.4 is 10.6 Å². The first-order valence-corrected chi connectivity index (χ1v) is 7.24. The number of hydrogen-bond acceptors (Lipinski definition) is 4. The van der Waals surface area contributed by atoms with E-state index >= 15 is 0 Å². The molecule has 0 aliphatic carbocycles. The molecule has 0 radical (unpaired) electrons. The van der Waals surface area contributed by atoms with Crippen molar-refractivity contribution in [1.82, 2.24) is 4.98 Å². The molecule has 0 saturated heterocycles. The maximum Gasteiger partial charge on any atom is 0.244 e. The van der Waals surface area contributed by atoms with Gasteiger partial charge in [0.2, 0.25) is 5.91 Å². The highest BCUT2D eigenvalue weighted by atomic mass is 35.5. The lowest BCUT2D eigenvalue weighted by molar-refractivity contribution is -0.114. The van der Waals surface area contributed by atoms with Crippen molar-refractivity contribution >= 4 is 29.0 Å². The highest BCUT2D eigenvalue weighted by Crippen LogP contribution is 2.19. The molecule has 1 amide bonds. The Morgan fingerprint density at radius 2 is 2.18 bits per heavy atom. The molecule has 0 aliphatic heterocycles. The number of pyridine rings is 1. The van der Waals surface area contributed by atoms with Gasteiger partial charge in [0, 0.05) is 19.0 Å². The van der Waals surface area contributed by atoms with E-state index in [1.54, 1.807) is 19.2 Å². The Kier molecular flexibility index (Phi) is 5.75. The van der Waals surface area contributed by atoms with Gasteiger partial charge in [0.1, 0.15) is 5.82 Å². The zero-order valence-electron chi connectivity index (χ0n) is 12.5. The number of nitrogens with zero attached hydrogens (tertiary/aromatic N) is 1. The van der Waals surface area contributed by atoms with Crippen molar-refractivity contribution in [3.05, 3.63) is 53.2 Å². The topological polar surface area (TPSA) is 63.2 Å². The second kappa shape index (κ2) is 7.77. The number of hydrogen-bond donors (Lipinski definition) is 2. The van der Waals surface area contributed by atoms with E-state index in [1.165, 1.54) is 6.20 Å². The van der Waals surface area contributed by atoms with Gasteiger partial charge in [-0.2, -0.15) is 0 Å². The third kappa shape index (κ3) is 4.72. The van der Waals surface area contributed by atoms with E-state index in [1.807, 2.05) is 31.2 Å². The summed E-state index contributed by atoms with van der Waals surface area (Å²) < 4.78 is 5.28. The van der Waals surface area contributed by atoms with Gasteiger partial charge in [-0.3, -0.25) is 4.79 Å². The second-order valence-corrected chi connectivity index (χ2v) is 5.20. The highest BCUT2D eigenvalue weighted by Gasteiger charge is 2.06. The van der Waals surface area contributed by atoms with E-state index in [-0.39, 0.29) is 18.6 Å². The molecule has 2 N–H and O–H groups in total. The van der Waals surface area contributed by atoms with E-state index in [9.17, 15) is 4.79 Å². The van der Waals surface area contributed by atoms with Crippen LogP contribution in [0.25, 0.3) is 0 Å². The lowest BCUT2D eigenvalue weighted by Crippen LogP contribution is -2.22. The van der Waals surface area contributed by atoms with Crippen LogP contribution in [0.1, 0.15) is 18.6 Å². The first kappa shape index (κ1) is 16.3. The largest absolute Gasteiger partial charge is 0.377 e. The number of nitrogens with one attached hydrogen (secondary N) is 2. The predicted molar refractivity (Wildman–Crippen MR) is 88.2 cm³/mol. The zero-order chi connectivity index (χ0) is 15.9. The number of anilines is 2. The molecule has 1 aromatic carbocycles. The number of rotatable bonds is 6. The molecule has 2 rings (SSSR count). The molecule has 6 heteroatoms.